The molecule has 1 aromatic carbocycles. The molecule has 2 aromatic rings. The Labute approximate surface area is 132 Å². The highest BCUT2D eigenvalue weighted by Gasteiger charge is 2.07. The number of aromatic nitrogens is 1. The molecule has 118 valence electrons. The van der Waals surface area contributed by atoms with E-state index in [-0.39, 0.29) is 5.56 Å². The zero-order chi connectivity index (χ0) is 16.8. The summed E-state index contributed by atoms with van der Waals surface area (Å²) in [4.78, 5) is 22.9. The monoisotopic (exact) mass is 314 g/mol. The molecule has 0 aliphatic heterocycles. The molecule has 0 atom stereocenters. The number of nitrogens with one attached hydrogen (secondary N) is 1. The van der Waals surface area contributed by atoms with Crippen LogP contribution in [0, 0.1) is 5.82 Å². The van der Waals surface area contributed by atoms with Gasteiger partial charge in [0.2, 0.25) is 0 Å². The van der Waals surface area contributed by atoms with Gasteiger partial charge < -0.3 is 4.57 Å². The molecule has 0 saturated carbocycles. The van der Waals surface area contributed by atoms with Gasteiger partial charge >= 0.3 is 0 Å². The first-order chi connectivity index (χ1) is 11.0. The van der Waals surface area contributed by atoms with Gasteiger partial charge in [-0.05, 0) is 42.0 Å². The second-order valence-electron chi connectivity index (χ2n) is 4.80. The van der Waals surface area contributed by atoms with Crippen molar-refractivity contribution >= 4 is 23.8 Å². The van der Waals surface area contributed by atoms with Crippen LogP contribution in [0.1, 0.15) is 21.6 Å². The normalized spacial score (nSPS) is 11.3. The van der Waals surface area contributed by atoms with Gasteiger partial charge in [0.25, 0.3) is 5.91 Å². The maximum Gasteiger partial charge on any atom is 0.267 e. The second kappa shape index (κ2) is 7.33. The minimum Gasteiger partial charge on any atom is -0.350 e. The SMILES string of the molecule is Cn1cc(/C=C/C(=O)c2ccccc2F)cc1/C=C/C(=O)NO. The number of ketones is 1. The van der Waals surface area contributed by atoms with Crippen molar-refractivity contribution in [2.24, 2.45) is 7.05 Å². The lowest BCUT2D eigenvalue weighted by molar-refractivity contribution is -0.124. The number of hydrogen-bond donors (Lipinski definition) is 2. The topological polar surface area (TPSA) is 71.3 Å². The number of halogens is 1. The van der Waals surface area contributed by atoms with E-state index in [1.54, 1.807) is 36.0 Å². The number of carbonyl (C=O) groups is 2. The molecule has 23 heavy (non-hydrogen) atoms. The standard InChI is InChI=1S/C17H15FN2O3/c1-20-11-12(10-13(20)7-9-17(22)19-23)6-8-16(21)14-4-2-3-5-15(14)18/h2-11,23H,1H3,(H,19,22)/b8-6+,9-7+. The van der Waals surface area contributed by atoms with E-state index in [9.17, 15) is 14.0 Å². The molecule has 2 N–H and O–H groups in total. The molecule has 6 heteroatoms. The van der Waals surface area contributed by atoms with Crippen LogP contribution in [0.5, 0.6) is 0 Å². The number of aryl methyl sites for hydroxylation is 1. The summed E-state index contributed by atoms with van der Waals surface area (Å²) >= 11 is 0. The van der Waals surface area contributed by atoms with E-state index in [1.165, 1.54) is 41.9 Å². The van der Waals surface area contributed by atoms with Gasteiger partial charge in [-0.25, -0.2) is 9.87 Å². The van der Waals surface area contributed by atoms with Crippen molar-refractivity contribution in [3.63, 3.8) is 0 Å². The zero-order valence-corrected chi connectivity index (χ0v) is 12.4. The Balaban J connectivity index is 2.15. The van der Waals surface area contributed by atoms with Gasteiger partial charge in [-0.2, -0.15) is 0 Å². The molecule has 0 unspecified atom stereocenters. The molecule has 0 bridgehead atoms. The molecule has 1 heterocycles. The fourth-order valence-electron chi connectivity index (χ4n) is 1.99. The van der Waals surface area contributed by atoms with Gasteiger partial charge in [0.15, 0.2) is 5.78 Å². The summed E-state index contributed by atoms with van der Waals surface area (Å²) in [6, 6.07) is 7.52. The van der Waals surface area contributed by atoms with Crippen molar-refractivity contribution in [2.75, 3.05) is 0 Å². The van der Waals surface area contributed by atoms with E-state index in [1.807, 2.05) is 0 Å². The largest absolute Gasteiger partial charge is 0.350 e. The van der Waals surface area contributed by atoms with E-state index in [2.05, 4.69) is 0 Å². The highest BCUT2D eigenvalue weighted by Crippen LogP contribution is 2.13. The lowest BCUT2D eigenvalue weighted by Crippen LogP contribution is -2.14. The van der Waals surface area contributed by atoms with Gasteiger partial charge in [-0.3, -0.25) is 14.8 Å². The van der Waals surface area contributed by atoms with Crippen molar-refractivity contribution in [3.05, 3.63) is 71.3 Å². The summed E-state index contributed by atoms with van der Waals surface area (Å²) in [6.07, 6.45) is 7.30. The lowest BCUT2D eigenvalue weighted by atomic mass is 10.1. The maximum absolute atomic E-state index is 13.5. The highest BCUT2D eigenvalue weighted by molar-refractivity contribution is 6.07. The average Bonchev–Trinajstić information content (AvgIpc) is 2.90. The Hall–Kier alpha value is -2.99. The van der Waals surface area contributed by atoms with Crippen molar-refractivity contribution < 1.29 is 19.2 Å². The molecule has 0 saturated heterocycles. The lowest BCUT2D eigenvalue weighted by Gasteiger charge is -1.96. The van der Waals surface area contributed by atoms with Crippen molar-refractivity contribution in [2.45, 2.75) is 0 Å². The summed E-state index contributed by atoms with van der Waals surface area (Å²) in [5.74, 6) is -1.63. The number of rotatable bonds is 5. The van der Waals surface area contributed by atoms with E-state index in [0.29, 0.717) is 5.69 Å². The van der Waals surface area contributed by atoms with Gasteiger partial charge in [0, 0.05) is 25.0 Å². The quantitative estimate of drug-likeness (QED) is 0.386. The predicted molar refractivity (Wildman–Crippen MR) is 84.1 cm³/mol. The first-order valence-electron chi connectivity index (χ1n) is 6.76. The van der Waals surface area contributed by atoms with E-state index in [4.69, 9.17) is 5.21 Å². The number of allylic oxidation sites excluding steroid dienone is 1. The number of nitrogens with zero attached hydrogens (tertiary/aromatic N) is 1. The first-order valence-corrected chi connectivity index (χ1v) is 6.76. The van der Waals surface area contributed by atoms with Crippen LogP contribution in [0.4, 0.5) is 4.39 Å². The summed E-state index contributed by atoms with van der Waals surface area (Å²) in [6.45, 7) is 0. The number of carbonyl (C=O) groups excluding carboxylic acids is 2. The van der Waals surface area contributed by atoms with Crippen LogP contribution < -0.4 is 5.48 Å². The predicted octanol–water partition coefficient (Wildman–Crippen LogP) is 2.58. The minimum absolute atomic E-state index is 0.0133. The maximum atomic E-state index is 13.5. The molecule has 2 rings (SSSR count). The zero-order valence-electron chi connectivity index (χ0n) is 12.4. The molecule has 1 aromatic heterocycles. The van der Waals surface area contributed by atoms with Crippen LogP contribution in [-0.4, -0.2) is 21.5 Å². The van der Waals surface area contributed by atoms with Crippen LogP contribution >= 0.6 is 0 Å². The molecule has 5 nitrogen and oxygen atoms in total. The van der Waals surface area contributed by atoms with Gasteiger partial charge in [0.05, 0.1) is 5.56 Å². The smallest absolute Gasteiger partial charge is 0.267 e. The molecule has 0 spiro atoms. The second-order valence-corrected chi connectivity index (χ2v) is 4.80. The van der Waals surface area contributed by atoms with Crippen LogP contribution in [0.3, 0.4) is 0 Å². The van der Waals surface area contributed by atoms with E-state index < -0.39 is 17.5 Å². The van der Waals surface area contributed by atoms with Gasteiger partial charge in [-0.15, -0.1) is 0 Å². The number of amides is 1. The fraction of sp³-hybridized carbons (Fsp3) is 0.0588. The van der Waals surface area contributed by atoms with Gasteiger partial charge in [-0.1, -0.05) is 12.1 Å². The van der Waals surface area contributed by atoms with Gasteiger partial charge in [0.1, 0.15) is 5.82 Å². The van der Waals surface area contributed by atoms with Crippen molar-refractivity contribution in [1.82, 2.24) is 10.0 Å². The summed E-state index contributed by atoms with van der Waals surface area (Å²) in [5, 5.41) is 8.43. The van der Waals surface area contributed by atoms with E-state index >= 15 is 0 Å². The third-order valence-corrected chi connectivity index (χ3v) is 3.15. The van der Waals surface area contributed by atoms with Crippen molar-refractivity contribution in [3.8, 4) is 0 Å². The Morgan fingerprint density at radius 2 is 1.96 bits per heavy atom. The Kier molecular flexibility index (Phi) is 5.22. The number of benzene rings is 1. The third kappa shape index (κ3) is 4.24. The van der Waals surface area contributed by atoms with Crippen LogP contribution in [0.15, 0.2) is 48.7 Å². The molecule has 0 aliphatic rings. The Bertz CT molecular complexity index is 791. The summed E-state index contributed by atoms with van der Waals surface area (Å²) < 4.78 is 15.3. The molecule has 1 amide bonds. The molecule has 0 fully saturated rings. The van der Waals surface area contributed by atoms with Crippen LogP contribution in [0.2, 0.25) is 0 Å². The molecule has 0 aliphatic carbocycles. The Morgan fingerprint density at radius 1 is 1.22 bits per heavy atom. The Morgan fingerprint density at radius 3 is 2.65 bits per heavy atom. The summed E-state index contributed by atoms with van der Waals surface area (Å²) in [5.41, 5.74) is 2.93. The summed E-state index contributed by atoms with van der Waals surface area (Å²) in [7, 11) is 1.77. The minimum atomic E-state index is -0.641. The van der Waals surface area contributed by atoms with Crippen LogP contribution in [0.25, 0.3) is 12.2 Å². The molecular formula is C17H15FN2O3. The molecular weight excluding hydrogens is 299 g/mol. The number of hydroxylamine groups is 1. The van der Waals surface area contributed by atoms with Crippen molar-refractivity contribution in [1.29, 1.82) is 0 Å². The molecule has 0 radical (unpaired) electrons. The average molecular weight is 314 g/mol. The fourth-order valence-corrected chi connectivity index (χ4v) is 1.99. The van der Waals surface area contributed by atoms with E-state index in [0.717, 1.165) is 5.56 Å². The number of hydrogen-bond acceptors (Lipinski definition) is 3. The third-order valence-electron chi connectivity index (χ3n) is 3.15. The van der Waals surface area contributed by atoms with Crippen LogP contribution in [-0.2, 0) is 11.8 Å². The highest BCUT2D eigenvalue weighted by atomic mass is 19.1. The first kappa shape index (κ1) is 16.4.